The molecule has 1 saturated heterocycles. The lowest BCUT2D eigenvalue weighted by Gasteiger charge is -2.21. The van der Waals surface area contributed by atoms with Crippen LogP contribution in [0.5, 0.6) is 0 Å². The van der Waals surface area contributed by atoms with Crippen LogP contribution < -0.4 is 5.32 Å². The smallest absolute Gasteiger partial charge is 0.0587 e. The first-order valence-electron chi connectivity index (χ1n) is 7.83. The van der Waals surface area contributed by atoms with Crippen molar-refractivity contribution < 1.29 is 9.47 Å². The van der Waals surface area contributed by atoms with Crippen LogP contribution in [0.4, 0.5) is 0 Å². The number of hydrogen-bond donors (Lipinski definition) is 1. The molecule has 1 N–H and O–H groups in total. The van der Waals surface area contributed by atoms with Crippen molar-refractivity contribution in [2.75, 3.05) is 33.4 Å². The van der Waals surface area contributed by atoms with Gasteiger partial charge in [0.25, 0.3) is 0 Å². The highest BCUT2D eigenvalue weighted by Gasteiger charge is 2.21. The van der Waals surface area contributed by atoms with Gasteiger partial charge in [-0.25, -0.2) is 0 Å². The lowest BCUT2D eigenvalue weighted by atomic mass is 9.92. The van der Waals surface area contributed by atoms with Crippen molar-refractivity contribution >= 4 is 15.9 Å². The van der Waals surface area contributed by atoms with Gasteiger partial charge in [0.15, 0.2) is 0 Å². The fourth-order valence-electron chi connectivity index (χ4n) is 2.92. The summed E-state index contributed by atoms with van der Waals surface area (Å²) in [5, 5.41) is 3.50. The third-order valence-corrected chi connectivity index (χ3v) is 4.44. The number of rotatable bonds is 9. The first-order valence-corrected chi connectivity index (χ1v) is 8.63. The van der Waals surface area contributed by atoms with Gasteiger partial charge in [-0.15, -0.1) is 0 Å². The van der Waals surface area contributed by atoms with E-state index < -0.39 is 0 Å². The van der Waals surface area contributed by atoms with E-state index in [4.69, 9.17) is 9.47 Å². The van der Waals surface area contributed by atoms with Crippen LogP contribution >= 0.6 is 15.9 Å². The fraction of sp³-hybridized carbons (Fsp3) is 0.647. The zero-order valence-electron chi connectivity index (χ0n) is 12.8. The van der Waals surface area contributed by atoms with Crippen LogP contribution in [0.15, 0.2) is 28.7 Å². The number of ether oxygens (including phenoxy) is 2. The number of nitrogens with one attached hydrogen (secondary N) is 1. The van der Waals surface area contributed by atoms with Crippen LogP contribution in [0.3, 0.4) is 0 Å². The number of halogens is 1. The summed E-state index contributed by atoms with van der Waals surface area (Å²) in [6.45, 7) is 3.64. The molecule has 0 spiro atoms. The molecule has 2 atom stereocenters. The summed E-state index contributed by atoms with van der Waals surface area (Å²) in [5.41, 5.74) is 1.39. The Morgan fingerprint density at radius 2 is 2.38 bits per heavy atom. The van der Waals surface area contributed by atoms with E-state index >= 15 is 0 Å². The van der Waals surface area contributed by atoms with Gasteiger partial charge in [0.05, 0.1) is 12.7 Å². The van der Waals surface area contributed by atoms with Crippen LogP contribution in [0.25, 0.3) is 0 Å². The van der Waals surface area contributed by atoms with E-state index in [0.717, 1.165) is 43.6 Å². The Kier molecular flexibility index (Phi) is 7.72. The van der Waals surface area contributed by atoms with E-state index in [2.05, 4.69) is 45.5 Å². The highest BCUT2D eigenvalue weighted by molar-refractivity contribution is 9.10. The Hall–Kier alpha value is -0.420. The normalized spacial score (nSPS) is 19.8. The maximum absolute atomic E-state index is 5.81. The summed E-state index contributed by atoms with van der Waals surface area (Å²) >= 11 is 3.56. The zero-order valence-corrected chi connectivity index (χ0v) is 14.4. The second-order valence-corrected chi connectivity index (χ2v) is 6.68. The Bertz CT molecular complexity index is 408. The van der Waals surface area contributed by atoms with Crippen molar-refractivity contribution in [3.63, 3.8) is 0 Å². The molecule has 0 aliphatic carbocycles. The molecule has 1 heterocycles. The average Bonchev–Trinajstić information content (AvgIpc) is 2.96. The van der Waals surface area contributed by atoms with Gasteiger partial charge in [-0.1, -0.05) is 28.1 Å². The van der Waals surface area contributed by atoms with Gasteiger partial charge < -0.3 is 14.8 Å². The quantitative estimate of drug-likeness (QED) is 0.688. The maximum Gasteiger partial charge on any atom is 0.0587 e. The van der Waals surface area contributed by atoms with Crippen molar-refractivity contribution in [1.29, 1.82) is 0 Å². The highest BCUT2D eigenvalue weighted by Crippen LogP contribution is 2.23. The number of hydrogen-bond acceptors (Lipinski definition) is 3. The van der Waals surface area contributed by atoms with Gasteiger partial charge >= 0.3 is 0 Å². The number of methoxy groups -OCH3 is 1. The van der Waals surface area contributed by atoms with E-state index in [0.29, 0.717) is 12.0 Å². The molecule has 1 fully saturated rings. The number of benzene rings is 1. The molecule has 3 nitrogen and oxygen atoms in total. The predicted octanol–water partition coefficient (Wildman–Crippen LogP) is 3.41. The fourth-order valence-corrected chi connectivity index (χ4v) is 3.37. The van der Waals surface area contributed by atoms with Gasteiger partial charge in [0.1, 0.15) is 0 Å². The molecular formula is C17H26BrNO2. The van der Waals surface area contributed by atoms with Crippen molar-refractivity contribution in [1.82, 2.24) is 5.32 Å². The van der Waals surface area contributed by atoms with Crippen molar-refractivity contribution in [3.05, 3.63) is 34.3 Å². The van der Waals surface area contributed by atoms with Crippen LogP contribution in [-0.2, 0) is 15.9 Å². The molecule has 2 unspecified atom stereocenters. The minimum atomic E-state index is 0.450. The topological polar surface area (TPSA) is 30.5 Å². The SMILES string of the molecule is COCCNCC(Cc1cccc(Br)c1)CC1CCCO1. The monoisotopic (exact) mass is 355 g/mol. The maximum atomic E-state index is 5.81. The summed E-state index contributed by atoms with van der Waals surface area (Å²) in [7, 11) is 1.74. The Labute approximate surface area is 136 Å². The average molecular weight is 356 g/mol. The summed E-state index contributed by atoms with van der Waals surface area (Å²) in [4.78, 5) is 0. The van der Waals surface area contributed by atoms with E-state index in [1.54, 1.807) is 7.11 Å². The Balaban J connectivity index is 1.86. The minimum absolute atomic E-state index is 0.450. The molecule has 0 saturated carbocycles. The van der Waals surface area contributed by atoms with E-state index in [1.165, 1.54) is 18.4 Å². The summed E-state index contributed by atoms with van der Waals surface area (Å²) < 4.78 is 12.1. The largest absolute Gasteiger partial charge is 0.383 e. The first-order chi connectivity index (χ1) is 10.3. The zero-order chi connectivity index (χ0) is 14.9. The Morgan fingerprint density at radius 1 is 1.48 bits per heavy atom. The van der Waals surface area contributed by atoms with Crippen molar-refractivity contribution in [2.24, 2.45) is 5.92 Å². The second-order valence-electron chi connectivity index (χ2n) is 5.77. The lowest BCUT2D eigenvalue weighted by Crippen LogP contribution is -2.29. The first kappa shape index (κ1) is 16.9. The predicted molar refractivity (Wildman–Crippen MR) is 89.7 cm³/mol. The van der Waals surface area contributed by atoms with Crippen LogP contribution in [-0.4, -0.2) is 39.5 Å². The van der Waals surface area contributed by atoms with Gasteiger partial charge in [0, 0.05) is 24.7 Å². The molecule has 2 rings (SSSR count). The summed E-state index contributed by atoms with van der Waals surface area (Å²) in [6, 6.07) is 8.62. The third-order valence-electron chi connectivity index (χ3n) is 3.95. The standard InChI is InChI=1S/C17H26BrNO2/c1-20-9-7-19-13-15(12-17-6-3-8-21-17)10-14-4-2-5-16(18)11-14/h2,4-5,11,15,17,19H,3,6-10,12-13H2,1H3. The lowest BCUT2D eigenvalue weighted by molar-refractivity contribution is 0.0888. The molecule has 1 aliphatic heterocycles. The molecule has 118 valence electrons. The Morgan fingerprint density at radius 3 is 3.10 bits per heavy atom. The van der Waals surface area contributed by atoms with Gasteiger partial charge in [-0.2, -0.15) is 0 Å². The molecule has 0 radical (unpaired) electrons. The van der Waals surface area contributed by atoms with Crippen LogP contribution in [0.2, 0.25) is 0 Å². The van der Waals surface area contributed by atoms with E-state index in [-0.39, 0.29) is 0 Å². The molecule has 1 aromatic rings. The molecular weight excluding hydrogens is 330 g/mol. The van der Waals surface area contributed by atoms with Crippen molar-refractivity contribution in [2.45, 2.75) is 31.8 Å². The summed E-state index contributed by atoms with van der Waals surface area (Å²) in [6.07, 6.45) is 5.12. The molecule has 1 aromatic carbocycles. The molecule has 0 bridgehead atoms. The third kappa shape index (κ3) is 6.47. The minimum Gasteiger partial charge on any atom is -0.383 e. The van der Waals surface area contributed by atoms with Gasteiger partial charge in [0.2, 0.25) is 0 Å². The van der Waals surface area contributed by atoms with Gasteiger partial charge in [-0.3, -0.25) is 0 Å². The van der Waals surface area contributed by atoms with Gasteiger partial charge in [-0.05, 0) is 55.8 Å². The van der Waals surface area contributed by atoms with Crippen molar-refractivity contribution in [3.8, 4) is 0 Å². The van der Waals surface area contributed by atoms with E-state index in [9.17, 15) is 0 Å². The molecule has 1 aliphatic rings. The molecule has 0 aromatic heterocycles. The second kappa shape index (κ2) is 9.57. The molecule has 4 heteroatoms. The van der Waals surface area contributed by atoms with Crippen LogP contribution in [0, 0.1) is 5.92 Å². The molecule has 21 heavy (non-hydrogen) atoms. The summed E-state index contributed by atoms with van der Waals surface area (Å²) in [5.74, 6) is 0.610. The molecule has 0 amide bonds. The highest BCUT2D eigenvalue weighted by atomic mass is 79.9. The van der Waals surface area contributed by atoms with E-state index in [1.807, 2.05) is 0 Å². The van der Waals surface area contributed by atoms with Crippen LogP contribution in [0.1, 0.15) is 24.8 Å².